The zero-order valence-corrected chi connectivity index (χ0v) is 44.3. The number of benzene rings is 3. The van der Waals surface area contributed by atoms with Gasteiger partial charge in [-0.25, -0.2) is 8.78 Å². The molecule has 7 rings (SSSR count). The highest BCUT2D eigenvalue weighted by Gasteiger charge is 2.42. The van der Waals surface area contributed by atoms with Crippen molar-refractivity contribution in [3.05, 3.63) is 94.6 Å². The van der Waals surface area contributed by atoms with Crippen molar-refractivity contribution in [3.8, 4) is 0 Å². The number of carbonyl (C=O) groups excluding carboxylic acids is 6. The quantitative estimate of drug-likeness (QED) is 0.0793. The van der Waals surface area contributed by atoms with Gasteiger partial charge < -0.3 is 38.5 Å². The molecule has 3 aromatic carbocycles. The summed E-state index contributed by atoms with van der Waals surface area (Å²) in [6.45, 7) is 9.78. The fraction of sp³-hybridized carbons (Fsp3) is 0.571. The number of ketones is 2. The topological polar surface area (TPSA) is 152 Å². The van der Waals surface area contributed by atoms with E-state index in [2.05, 4.69) is 22.7 Å². The lowest BCUT2D eigenvalue weighted by atomic mass is 9.95. The first-order valence-electron chi connectivity index (χ1n) is 27.2. The number of methoxy groups -OCH3 is 4. The van der Waals surface area contributed by atoms with E-state index in [1.54, 1.807) is 18.7 Å². The van der Waals surface area contributed by atoms with E-state index in [1.165, 1.54) is 38.4 Å². The van der Waals surface area contributed by atoms with E-state index in [-0.39, 0.29) is 61.1 Å². The van der Waals surface area contributed by atoms with Crippen molar-refractivity contribution < 1.29 is 60.6 Å². The number of amides is 2. The Morgan fingerprint density at radius 2 is 1.07 bits per heavy atom. The summed E-state index contributed by atoms with van der Waals surface area (Å²) in [5, 5.41) is 0. The van der Waals surface area contributed by atoms with Gasteiger partial charge in [0.15, 0.2) is 23.2 Å². The minimum Gasteiger partial charge on any atom is -0.469 e. The molecule has 4 aliphatic rings. The maximum Gasteiger partial charge on any atom is 0.306 e. The van der Waals surface area contributed by atoms with Crippen LogP contribution in [0.2, 0.25) is 25.2 Å². The molecule has 0 aliphatic carbocycles. The number of hydrogen-bond acceptors (Lipinski definition) is 12. The van der Waals surface area contributed by atoms with Crippen LogP contribution in [0, 0.1) is 23.5 Å². The Morgan fingerprint density at radius 1 is 0.644 bits per heavy atom. The third kappa shape index (κ3) is 12.7. The van der Waals surface area contributed by atoms with Crippen LogP contribution in [-0.2, 0) is 60.6 Å². The lowest BCUT2D eigenvalue weighted by Crippen LogP contribution is -2.47. The number of likely N-dealkylation sites (tertiary alicyclic amines) is 2. The maximum absolute atomic E-state index is 16.5. The molecular weight excluding hydrogens is 955 g/mol. The van der Waals surface area contributed by atoms with Crippen molar-refractivity contribution in [2.75, 3.05) is 64.3 Å². The molecule has 8 atom stereocenters. The van der Waals surface area contributed by atoms with Gasteiger partial charge in [0.05, 0.1) is 87.4 Å². The number of anilines is 2. The van der Waals surface area contributed by atoms with Crippen LogP contribution in [0.25, 0.3) is 0 Å². The van der Waals surface area contributed by atoms with Crippen LogP contribution in [0.15, 0.2) is 60.7 Å². The zero-order valence-electron chi connectivity index (χ0n) is 46.3. The van der Waals surface area contributed by atoms with Crippen LogP contribution in [0.1, 0.15) is 104 Å². The summed E-state index contributed by atoms with van der Waals surface area (Å²) >= 11 is 0. The molecule has 0 aromatic heterocycles. The van der Waals surface area contributed by atoms with E-state index in [9.17, 15) is 28.8 Å². The van der Waals surface area contributed by atoms with Crippen molar-refractivity contribution in [1.82, 2.24) is 9.80 Å². The van der Waals surface area contributed by atoms with Crippen LogP contribution >= 0.6 is 0 Å². The SMILES string of the molecule is [2H]C([2H])([2H])OC(=O)C[C@H](C(=O)N1CCC[C@H]1C(=O)Cc1ccc([C@H]2CC[C@H](c3ccc(CC(=O)[C@@H]4CCCN4C(=O)[C@@H](CC(=O)OC)[C@@H](C)OC)cc3)N2c2cc(F)c(N3CC[Si](C)(C)CC3)c(F)c2)cc1)[C@@H](C)OC. The number of nitrogens with zero attached hydrogens (tertiary/aromatic N) is 4. The fourth-order valence-electron chi connectivity index (χ4n) is 11.4. The van der Waals surface area contributed by atoms with E-state index in [0.717, 1.165) is 28.8 Å². The van der Waals surface area contributed by atoms with Crippen molar-refractivity contribution in [2.45, 2.75) is 140 Å². The van der Waals surface area contributed by atoms with E-state index >= 15 is 8.78 Å². The lowest BCUT2D eigenvalue weighted by molar-refractivity contribution is -0.151. The number of rotatable bonds is 20. The summed E-state index contributed by atoms with van der Waals surface area (Å²) in [5.41, 5.74) is 3.58. The van der Waals surface area contributed by atoms with Crippen molar-refractivity contribution in [2.24, 2.45) is 11.8 Å². The summed E-state index contributed by atoms with van der Waals surface area (Å²) in [6.07, 6.45) is 1.45. The highest BCUT2D eigenvalue weighted by molar-refractivity contribution is 6.77. The predicted octanol–water partition coefficient (Wildman–Crippen LogP) is 8.21. The molecule has 14 nitrogen and oxygen atoms in total. The Bertz CT molecular complexity index is 2560. The monoisotopic (exact) mass is 1030 g/mol. The minimum absolute atomic E-state index is 0.0122. The van der Waals surface area contributed by atoms with Gasteiger partial charge in [-0.2, -0.15) is 0 Å². The normalized spacial score (nSPS) is 23.2. The summed E-state index contributed by atoms with van der Waals surface area (Å²) < 4.78 is 75.1. The molecule has 4 fully saturated rings. The van der Waals surface area contributed by atoms with Crippen LogP contribution in [0.4, 0.5) is 20.2 Å². The number of hydrogen-bond donors (Lipinski definition) is 0. The molecule has 0 bridgehead atoms. The molecule has 4 heterocycles. The highest BCUT2D eigenvalue weighted by Crippen LogP contribution is 2.48. The number of Topliss-reactive ketones (excluding diaryl/α,β-unsaturated/α-hetero) is 2. The van der Waals surface area contributed by atoms with Crippen LogP contribution in [-0.4, -0.2) is 132 Å². The van der Waals surface area contributed by atoms with Gasteiger partial charge in [-0.3, -0.25) is 28.8 Å². The first-order chi connectivity index (χ1) is 36.0. The maximum atomic E-state index is 16.5. The van der Waals surface area contributed by atoms with Crippen molar-refractivity contribution >= 4 is 54.8 Å². The number of ether oxygens (including phenoxy) is 4. The second kappa shape index (κ2) is 24.2. The summed E-state index contributed by atoms with van der Waals surface area (Å²) in [5.74, 6) is -5.87. The molecular formula is C56H74F2N4O10Si. The standard InChI is InChI=1S/C56H74F2N4O10Si/c1-35(69-3)42(33-52(65)71-5)55(67)60-23-9-11-48(60)50(63)29-37-13-17-39(18-14-37)46-21-22-47(62(46)41-31-44(57)54(45(58)32-41)59-25-27-73(7,8)28-26-59)40-19-15-38(16-20-40)30-51(64)49-12-10-24-61(49)56(68)43(36(2)70-4)34-53(66)72-6/h13-20,31-32,35-36,42-43,46-49H,9-12,21-30,33-34H2,1-8H3/t35-,36-,42+,43+,46-,47-,48+,49+/m1/s1/i5D3. The Hall–Kier alpha value is -5.52. The van der Waals surface area contributed by atoms with Crippen LogP contribution in [0.3, 0.4) is 0 Å². The molecule has 3 aromatic rings. The summed E-state index contributed by atoms with van der Waals surface area (Å²) in [6, 6.07) is 17.9. The van der Waals surface area contributed by atoms with E-state index < -0.39 is 87.1 Å². The van der Waals surface area contributed by atoms with E-state index in [0.29, 0.717) is 69.4 Å². The second-order valence-corrected chi connectivity index (χ2v) is 26.5. The zero-order chi connectivity index (χ0) is 55.2. The number of halogens is 2. The van der Waals surface area contributed by atoms with Gasteiger partial charge in [0.2, 0.25) is 11.8 Å². The Labute approximate surface area is 434 Å². The predicted molar refractivity (Wildman–Crippen MR) is 276 cm³/mol. The molecule has 4 aliphatic heterocycles. The number of carbonyl (C=O) groups is 6. The largest absolute Gasteiger partial charge is 0.469 e. The molecule has 0 N–H and O–H groups in total. The fourth-order valence-corrected chi connectivity index (χ4v) is 13.4. The molecule has 73 heavy (non-hydrogen) atoms. The van der Waals surface area contributed by atoms with Gasteiger partial charge in [-0.05, 0) is 98.8 Å². The Morgan fingerprint density at radius 3 is 1.47 bits per heavy atom. The van der Waals surface area contributed by atoms with Gasteiger partial charge in [-0.15, -0.1) is 0 Å². The second-order valence-electron chi connectivity index (χ2n) is 21.1. The first kappa shape index (κ1) is 51.0. The van der Waals surface area contributed by atoms with Gasteiger partial charge in [0.25, 0.3) is 0 Å². The summed E-state index contributed by atoms with van der Waals surface area (Å²) in [4.78, 5) is 87.3. The van der Waals surface area contributed by atoms with E-state index in [1.807, 2.05) is 53.4 Å². The summed E-state index contributed by atoms with van der Waals surface area (Å²) in [7, 11) is -0.291. The third-order valence-corrected chi connectivity index (χ3v) is 19.2. The average molecular weight is 1030 g/mol. The average Bonchev–Trinajstić information content (AvgIpc) is 4.19. The van der Waals surface area contributed by atoms with Gasteiger partial charge in [0.1, 0.15) is 5.69 Å². The first-order valence-corrected chi connectivity index (χ1v) is 29.1. The Balaban J connectivity index is 1.10. The Kier molecular flexibility index (Phi) is 16.9. The molecule has 396 valence electrons. The molecule has 17 heteroatoms. The van der Waals surface area contributed by atoms with Gasteiger partial charge >= 0.3 is 11.9 Å². The minimum atomic E-state index is -2.97. The van der Waals surface area contributed by atoms with Crippen molar-refractivity contribution in [1.29, 1.82) is 0 Å². The van der Waals surface area contributed by atoms with E-state index in [4.69, 9.17) is 18.3 Å². The number of esters is 2. The van der Waals surface area contributed by atoms with Crippen LogP contribution in [0.5, 0.6) is 0 Å². The molecule has 0 radical (unpaired) electrons. The smallest absolute Gasteiger partial charge is 0.306 e. The molecule has 4 saturated heterocycles. The van der Waals surface area contributed by atoms with Gasteiger partial charge in [0, 0.05) is 58.9 Å². The lowest BCUT2D eigenvalue weighted by Gasteiger charge is -2.38. The van der Waals surface area contributed by atoms with Gasteiger partial charge in [-0.1, -0.05) is 61.6 Å². The molecule has 0 unspecified atom stereocenters. The molecule has 2 amide bonds. The molecule has 0 spiro atoms. The third-order valence-electron chi connectivity index (χ3n) is 16.0. The van der Waals surface area contributed by atoms with Crippen molar-refractivity contribution in [3.63, 3.8) is 0 Å². The highest BCUT2D eigenvalue weighted by atomic mass is 28.3. The molecule has 0 saturated carbocycles. The van der Waals surface area contributed by atoms with Crippen LogP contribution < -0.4 is 9.80 Å².